The summed E-state index contributed by atoms with van der Waals surface area (Å²) < 4.78 is 12.1. The van der Waals surface area contributed by atoms with Crippen molar-refractivity contribution in [2.24, 2.45) is 28.6 Å². The van der Waals surface area contributed by atoms with Crippen molar-refractivity contribution in [2.45, 2.75) is 64.1 Å². The zero-order valence-corrected chi connectivity index (χ0v) is 17.0. The Labute approximate surface area is 161 Å². The smallest absolute Gasteiger partial charge is 0.188 e. The Kier molecular flexibility index (Phi) is 4.16. The lowest BCUT2D eigenvalue weighted by molar-refractivity contribution is -0.145. The topological polar surface area (TPSA) is 35.5 Å². The van der Waals surface area contributed by atoms with Crippen LogP contribution < -0.4 is 0 Å². The molecule has 26 heavy (non-hydrogen) atoms. The Bertz CT molecular complexity index is 637. The standard InChI is InChI=1S/C22H32O3S/c1-20-8-7-18-16(17(20)5-6-19(20)23)4-3-15-13-22(24-11-12-25-22)10-9-21(15,18)14-26-2/h13,16-18H,3-12,14H2,1-2H3/t16-,17-,18-,20-,21+/m0/s1. The van der Waals surface area contributed by atoms with Crippen molar-refractivity contribution in [3.8, 4) is 0 Å². The third-order valence-corrected chi connectivity index (χ3v) is 9.54. The van der Waals surface area contributed by atoms with E-state index in [0.717, 1.165) is 50.7 Å². The lowest BCUT2D eigenvalue weighted by Crippen LogP contribution is -2.54. The van der Waals surface area contributed by atoms with Crippen molar-refractivity contribution >= 4 is 17.5 Å². The van der Waals surface area contributed by atoms with Crippen LogP contribution in [0.3, 0.4) is 0 Å². The first kappa shape index (κ1) is 17.8. The highest BCUT2D eigenvalue weighted by molar-refractivity contribution is 7.98. The van der Waals surface area contributed by atoms with Crippen molar-refractivity contribution in [2.75, 3.05) is 25.2 Å². The lowest BCUT2D eigenvalue weighted by Gasteiger charge is -2.59. The number of carbonyl (C=O) groups excluding carboxylic acids is 1. The fourth-order valence-electron chi connectivity index (χ4n) is 7.48. The lowest BCUT2D eigenvalue weighted by atomic mass is 9.47. The maximum absolute atomic E-state index is 12.6. The van der Waals surface area contributed by atoms with Gasteiger partial charge in [0.25, 0.3) is 0 Å². The van der Waals surface area contributed by atoms with Crippen LogP contribution in [0.1, 0.15) is 58.3 Å². The van der Waals surface area contributed by atoms with E-state index in [1.54, 1.807) is 5.57 Å². The van der Waals surface area contributed by atoms with Crippen molar-refractivity contribution in [1.82, 2.24) is 0 Å². The molecule has 1 heterocycles. The highest BCUT2D eigenvalue weighted by Crippen LogP contribution is 2.66. The first-order valence-corrected chi connectivity index (χ1v) is 11.9. The Morgan fingerprint density at radius 2 is 1.88 bits per heavy atom. The molecule has 1 spiro atoms. The molecule has 0 bridgehead atoms. The van der Waals surface area contributed by atoms with Gasteiger partial charge < -0.3 is 9.47 Å². The van der Waals surface area contributed by atoms with E-state index in [9.17, 15) is 4.79 Å². The molecule has 0 aromatic carbocycles. The molecule has 3 nitrogen and oxygen atoms in total. The molecular weight excluding hydrogens is 344 g/mol. The summed E-state index contributed by atoms with van der Waals surface area (Å²) in [6.45, 7) is 3.74. The number of hydrogen-bond acceptors (Lipinski definition) is 4. The molecule has 0 N–H and O–H groups in total. The second-order valence-electron chi connectivity index (χ2n) is 9.60. The molecule has 0 aromatic rings. The summed E-state index contributed by atoms with van der Waals surface area (Å²) in [4.78, 5) is 12.6. The van der Waals surface area contributed by atoms with Crippen molar-refractivity contribution in [3.05, 3.63) is 11.6 Å². The molecule has 0 unspecified atom stereocenters. The van der Waals surface area contributed by atoms with Gasteiger partial charge in [0.05, 0.1) is 13.2 Å². The van der Waals surface area contributed by atoms with Gasteiger partial charge in [-0.1, -0.05) is 12.5 Å². The predicted octanol–water partition coefficient (Wildman–Crippen LogP) is 4.60. The minimum absolute atomic E-state index is 0.0174. The number of ketones is 1. The highest BCUT2D eigenvalue weighted by Gasteiger charge is 2.61. The molecule has 5 aliphatic rings. The number of hydrogen-bond donors (Lipinski definition) is 0. The molecule has 1 saturated heterocycles. The molecule has 5 atom stereocenters. The van der Waals surface area contributed by atoms with Gasteiger partial charge in [-0.3, -0.25) is 4.79 Å². The van der Waals surface area contributed by atoms with E-state index in [-0.39, 0.29) is 5.41 Å². The third-order valence-electron chi connectivity index (χ3n) is 8.73. The SMILES string of the molecule is CSC[C@]12CCC3(C=C1CC[C@@H]1[C@@H]2CC[C@]2(C)C(=O)CC[C@@H]12)OCCO3. The van der Waals surface area contributed by atoms with E-state index in [1.165, 1.54) is 31.4 Å². The van der Waals surface area contributed by atoms with Crippen molar-refractivity contribution in [3.63, 3.8) is 0 Å². The number of carbonyl (C=O) groups is 1. The zero-order chi connectivity index (χ0) is 18.0. The van der Waals surface area contributed by atoms with Crippen LogP contribution in [0, 0.1) is 28.6 Å². The Balaban J connectivity index is 1.52. The molecular formula is C22H32O3S. The second-order valence-corrected chi connectivity index (χ2v) is 10.5. The second kappa shape index (κ2) is 6.09. The van der Waals surface area contributed by atoms with Crippen LogP contribution in [-0.4, -0.2) is 36.8 Å². The van der Waals surface area contributed by atoms with Crippen molar-refractivity contribution in [1.29, 1.82) is 0 Å². The van der Waals surface area contributed by atoms with Crippen molar-refractivity contribution < 1.29 is 14.3 Å². The molecule has 3 saturated carbocycles. The van der Waals surface area contributed by atoms with Gasteiger partial charge in [0, 0.05) is 29.4 Å². The molecule has 4 heteroatoms. The normalized spacial score (nSPS) is 46.6. The average molecular weight is 377 g/mol. The third kappa shape index (κ3) is 2.31. The monoisotopic (exact) mass is 376 g/mol. The summed E-state index contributed by atoms with van der Waals surface area (Å²) in [5, 5.41) is 0. The summed E-state index contributed by atoms with van der Waals surface area (Å²) in [5.41, 5.74) is 1.92. The van der Waals surface area contributed by atoms with E-state index in [1.807, 2.05) is 11.8 Å². The minimum Gasteiger partial charge on any atom is -0.344 e. The van der Waals surface area contributed by atoms with Gasteiger partial charge in [0.15, 0.2) is 5.79 Å². The number of Topliss-reactive ketones (excluding diaryl/α,β-unsaturated/α-hetero) is 1. The van der Waals surface area contributed by atoms with E-state index in [0.29, 0.717) is 17.1 Å². The van der Waals surface area contributed by atoms with Crippen LogP contribution in [0.2, 0.25) is 0 Å². The van der Waals surface area contributed by atoms with E-state index < -0.39 is 5.79 Å². The largest absolute Gasteiger partial charge is 0.344 e. The molecule has 144 valence electrons. The molecule has 1 aliphatic heterocycles. The fourth-order valence-corrected chi connectivity index (χ4v) is 8.54. The predicted molar refractivity (Wildman–Crippen MR) is 104 cm³/mol. The van der Waals surface area contributed by atoms with Gasteiger partial charge >= 0.3 is 0 Å². The quantitative estimate of drug-likeness (QED) is 0.660. The van der Waals surface area contributed by atoms with Crippen LogP contribution >= 0.6 is 11.8 Å². The maximum atomic E-state index is 12.6. The van der Waals surface area contributed by atoms with E-state index >= 15 is 0 Å². The van der Waals surface area contributed by atoms with Crippen LogP contribution in [-0.2, 0) is 14.3 Å². The summed E-state index contributed by atoms with van der Waals surface area (Å²) in [5.74, 6) is 3.46. The number of ether oxygens (including phenoxy) is 2. The summed E-state index contributed by atoms with van der Waals surface area (Å²) in [6.07, 6.45) is 13.6. The first-order chi connectivity index (χ1) is 12.5. The number of thioether (sulfide) groups is 1. The van der Waals surface area contributed by atoms with Gasteiger partial charge in [0.1, 0.15) is 5.78 Å². The molecule has 4 fully saturated rings. The van der Waals surface area contributed by atoms with Gasteiger partial charge in [-0.05, 0) is 68.6 Å². The molecule has 4 aliphatic carbocycles. The van der Waals surface area contributed by atoms with E-state index in [4.69, 9.17) is 9.47 Å². The highest BCUT2D eigenvalue weighted by atomic mass is 32.2. The van der Waals surface area contributed by atoms with Crippen LogP contribution in [0.15, 0.2) is 11.6 Å². The van der Waals surface area contributed by atoms with Crippen LogP contribution in [0.25, 0.3) is 0 Å². The summed E-state index contributed by atoms with van der Waals surface area (Å²) in [6, 6.07) is 0. The van der Waals surface area contributed by atoms with Gasteiger partial charge in [-0.15, -0.1) is 0 Å². The molecule has 0 radical (unpaired) electrons. The fraction of sp³-hybridized carbons (Fsp3) is 0.864. The average Bonchev–Trinajstić information content (AvgIpc) is 3.21. The Hall–Kier alpha value is -0.320. The Morgan fingerprint density at radius 3 is 2.65 bits per heavy atom. The van der Waals surface area contributed by atoms with Crippen LogP contribution in [0.5, 0.6) is 0 Å². The molecule has 0 aromatic heterocycles. The number of allylic oxidation sites excluding steroid dienone is 1. The molecule has 5 rings (SSSR count). The van der Waals surface area contributed by atoms with E-state index in [2.05, 4.69) is 19.3 Å². The van der Waals surface area contributed by atoms with Gasteiger partial charge in [0.2, 0.25) is 0 Å². The van der Waals surface area contributed by atoms with Crippen LogP contribution in [0.4, 0.5) is 0 Å². The van der Waals surface area contributed by atoms with Gasteiger partial charge in [-0.25, -0.2) is 0 Å². The summed E-state index contributed by atoms with van der Waals surface area (Å²) in [7, 11) is 0. The number of rotatable bonds is 2. The molecule has 0 amide bonds. The first-order valence-electron chi connectivity index (χ1n) is 10.6. The zero-order valence-electron chi connectivity index (χ0n) is 16.2. The van der Waals surface area contributed by atoms with Gasteiger partial charge in [-0.2, -0.15) is 11.8 Å². The summed E-state index contributed by atoms with van der Waals surface area (Å²) >= 11 is 2.01. The Morgan fingerprint density at radius 1 is 1.08 bits per heavy atom. The maximum Gasteiger partial charge on any atom is 0.188 e. The minimum atomic E-state index is -0.420. The number of fused-ring (bicyclic) bond motifs is 5.